The Hall–Kier alpha value is -0.970. The SMILES string of the molecule is COC(OC)C(O)Cc1ccccn1. The van der Waals surface area contributed by atoms with Crippen molar-refractivity contribution in [1.82, 2.24) is 4.98 Å². The zero-order valence-electron chi connectivity index (χ0n) is 8.38. The van der Waals surface area contributed by atoms with Crippen LogP contribution >= 0.6 is 0 Å². The Morgan fingerprint density at radius 2 is 2.07 bits per heavy atom. The Balaban J connectivity index is 2.52. The number of methoxy groups -OCH3 is 2. The van der Waals surface area contributed by atoms with Crippen LogP contribution in [0.5, 0.6) is 0 Å². The van der Waals surface area contributed by atoms with E-state index in [1.165, 1.54) is 14.2 Å². The molecule has 0 saturated carbocycles. The summed E-state index contributed by atoms with van der Waals surface area (Å²) in [5.74, 6) is 0. The summed E-state index contributed by atoms with van der Waals surface area (Å²) < 4.78 is 9.87. The van der Waals surface area contributed by atoms with E-state index >= 15 is 0 Å². The third-order valence-corrected chi connectivity index (χ3v) is 1.92. The number of rotatable bonds is 5. The van der Waals surface area contributed by atoms with Gasteiger partial charge in [0.15, 0.2) is 6.29 Å². The predicted molar refractivity (Wildman–Crippen MR) is 51.8 cm³/mol. The molecule has 14 heavy (non-hydrogen) atoms. The summed E-state index contributed by atoms with van der Waals surface area (Å²) in [6.45, 7) is 0. The molecule has 1 aromatic rings. The summed E-state index contributed by atoms with van der Waals surface area (Å²) in [4.78, 5) is 4.10. The van der Waals surface area contributed by atoms with E-state index in [1.54, 1.807) is 6.20 Å². The summed E-state index contributed by atoms with van der Waals surface area (Å²) in [5, 5.41) is 9.67. The van der Waals surface area contributed by atoms with Crippen molar-refractivity contribution in [3.05, 3.63) is 30.1 Å². The molecule has 78 valence electrons. The van der Waals surface area contributed by atoms with E-state index in [9.17, 15) is 5.11 Å². The van der Waals surface area contributed by atoms with Crippen LogP contribution in [0, 0.1) is 0 Å². The van der Waals surface area contributed by atoms with Crippen molar-refractivity contribution in [2.45, 2.75) is 18.8 Å². The van der Waals surface area contributed by atoms with E-state index in [4.69, 9.17) is 9.47 Å². The van der Waals surface area contributed by atoms with Crippen molar-refractivity contribution in [2.75, 3.05) is 14.2 Å². The maximum atomic E-state index is 9.67. The van der Waals surface area contributed by atoms with Crippen LogP contribution < -0.4 is 0 Å². The summed E-state index contributed by atoms with van der Waals surface area (Å²) >= 11 is 0. The van der Waals surface area contributed by atoms with Crippen LogP contribution in [0.3, 0.4) is 0 Å². The van der Waals surface area contributed by atoms with Gasteiger partial charge in [0, 0.05) is 32.5 Å². The van der Waals surface area contributed by atoms with Crippen molar-refractivity contribution < 1.29 is 14.6 Å². The lowest BCUT2D eigenvalue weighted by Crippen LogP contribution is -2.31. The van der Waals surface area contributed by atoms with Gasteiger partial charge in [0.25, 0.3) is 0 Å². The second kappa shape index (κ2) is 5.70. The van der Waals surface area contributed by atoms with Gasteiger partial charge in [-0.25, -0.2) is 0 Å². The average Bonchev–Trinajstić information content (AvgIpc) is 2.21. The van der Waals surface area contributed by atoms with Gasteiger partial charge < -0.3 is 14.6 Å². The van der Waals surface area contributed by atoms with E-state index < -0.39 is 12.4 Å². The number of ether oxygens (including phenoxy) is 2. The van der Waals surface area contributed by atoms with Crippen LogP contribution in [-0.4, -0.2) is 36.7 Å². The summed E-state index contributed by atoms with van der Waals surface area (Å²) in [5.41, 5.74) is 0.819. The van der Waals surface area contributed by atoms with Gasteiger partial charge in [0.1, 0.15) is 6.10 Å². The monoisotopic (exact) mass is 197 g/mol. The summed E-state index contributed by atoms with van der Waals surface area (Å²) in [6.07, 6.45) is 0.820. The largest absolute Gasteiger partial charge is 0.387 e. The Morgan fingerprint density at radius 1 is 1.36 bits per heavy atom. The minimum atomic E-state index is -0.695. The van der Waals surface area contributed by atoms with Crippen molar-refractivity contribution in [2.24, 2.45) is 0 Å². The molecule has 1 aromatic heterocycles. The van der Waals surface area contributed by atoms with Gasteiger partial charge in [-0.1, -0.05) is 6.07 Å². The van der Waals surface area contributed by atoms with Gasteiger partial charge in [-0.2, -0.15) is 0 Å². The highest BCUT2D eigenvalue weighted by atomic mass is 16.7. The highest BCUT2D eigenvalue weighted by molar-refractivity contribution is 5.04. The highest BCUT2D eigenvalue weighted by Gasteiger charge is 2.18. The molecule has 0 bridgehead atoms. The van der Waals surface area contributed by atoms with Crippen LogP contribution in [0.4, 0.5) is 0 Å². The first kappa shape index (κ1) is 11.1. The van der Waals surface area contributed by atoms with Gasteiger partial charge >= 0.3 is 0 Å². The molecule has 1 unspecified atom stereocenters. The molecule has 0 aliphatic carbocycles. The maximum absolute atomic E-state index is 9.67. The Bertz CT molecular complexity index is 249. The molecule has 0 fully saturated rings. The van der Waals surface area contributed by atoms with Crippen LogP contribution in [0.2, 0.25) is 0 Å². The molecular weight excluding hydrogens is 182 g/mol. The van der Waals surface area contributed by atoms with Crippen molar-refractivity contribution in [1.29, 1.82) is 0 Å². The zero-order valence-corrected chi connectivity index (χ0v) is 8.38. The lowest BCUT2D eigenvalue weighted by Gasteiger charge is -2.19. The second-order valence-electron chi connectivity index (χ2n) is 2.93. The molecule has 1 rings (SSSR count). The molecule has 1 atom stereocenters. The Labute approximate surface area is 83.5 Å². The number of aromatic nitrogens is 1. The lowest BCUT2D eigenvalue weighted by molar-refractivity contribution is -0.163. The van der Waals surface area contributed by atoms with Gasteiger partial charge in [-0.05, 0) is 12.1 Å². The molecule has 1 heterocycles. The first-order valence-electron chi connectivity index (χ1n) is 4.41. The van der Waals surface area contributed by atoms with Gasteiger partial charge in [-0.3, -0.25) is 4.98 Å². The molecule has 0 aromatic carbocycles. The minimum Gasteiger partial charge on any atom is -0.387 e. The van der Waals surface area contributed by atoms with Gasteiger partial charge in [0.05, 0.1) is 0 Å². The molecule has 1 N–H and O–H groups in total. The van der Waals surface area contributed by atoms with Crippen LogP contribution in [0.15, 0.2) is 24.4 Å². The lowest BCUT2D eigenvalue weighted by atomic mass is 10.2. The summed E-state index contributed by atoms with van der Waals surface area (Å²) in [6, 6.07) is 5.56. The number of aliphatic hydroxyl groups is 1. The number of nitrogens with zero attached hydrogens (tertiary/aromatic N) is 1. The molecule has 4 nitrogen and oxygen atoms in total. The number of pyridine rings is 1. The number of hydrogen-bond acceptors (Lipinski definition) is 4. The molecule has 0 aliphatic rings. The third kappa shape index (κ3) is 3.06. The molecule has 0 aliphatic heterocycles. The Morgan fingerprint density at radius 3 is 2.57 bits per heavy atom. The van der Waals surface area contributed by atoms with E-state index in [1.807, 2.05) is 18.2 Å². The van der Waals surface area contributed by atoms with Gasteiger partial charge in [-0.15, -0.1) is 0 Å². The van der Waals surface area contributed by atoms with Crippen molar-refractivity contribution >= 4 is 0 Å². The molecule has 0 amide bonds. The van der Waals surface area contributed by atoms with E-state index in [-0.39, 0.29) is 0 Å². The topological polar surface area (TPSA) is 51.6 Å². The van der Waals surface area contributed by atoms with E-state index in [2.05, 4.69) is 4.98 Å². The standard InChI is InChI=1S/C10H15NO3/c1-13-10(14-2)9(12)7-8-5-3-4-6-11-8/h3-6,9-10,12H,7H2,1-2H3. The van der Waals surface area contributed by atoms with E-state index in [0.717, 1.165) is 5.69 Å². The molecule has 0 spiro atoms. The Kier molecular flexibility index (Phi) is 4.52. The summed E-state index contributed by atoms with van der Waals surface area (Å²) in [7, 11) is 2.99. The van der Waals surface area contributed by atoms with E-state index in [0.29, 0.717) is 6.42 Å². The quantitative estimate of drug-likeness (QED) is 0.702. The molecule has 0 radical (unpaired) electrons. The average molecular weight is 197 g/mol. The first-order chi connectivity index (χ1) is 6.77. The van der Waals surface area contributed by atoms with Crippen molar-refractivity contribution in [3.8, 4) is 0 Å². The fraction of sp³-hybridized carbons (Fsp3) is 0.500. The molecular formula is C10H15NO3. The van der Waals surface area contributed by atoms with Crippen LogP contribution in [0.1, 0.15) is 5.69 Å². The fourth-order valence-electron chi connectivity index (χ4n) is 1.24. The van der Waals surface area contributed by atoms with Crippen LogP contribution in [-0.2, 0) is 15.9 Å². The second-order valence-corrected chi connectivity index (χ2v) is 2.93. The minimum absolute atomic E-state index is 0.424. The zero-order chi connectivity index (χ0) is 10.4. The number of aliphatic hydroxyl groups excluding tert-OH is 1. The van der Waals surface area contributed by atoms with Crippen LogP contribution in [0.25, 0.3) is 0 Å². The normalized spacial score (nSPS) is 13.1. The smallest absolute Gasteiger partial charge is 0.183 e. The fourth-order valence-corrected chi connectivity index (χ4v) is 1.24. The first-order valence-corrected chi connectivity index (χ1v) is 4.41. The molecule has 0 saturated heterocycles. The predicted octanol–water partition coefficient (Wildman–Crippen LogP) is 0.604. The van der Waals surface area contributed by atoms with Gasteiger partial charge in [0.2, 0.25) is 0 Å². The number of hydrogen-bond donors (Lipinski definition) is 1. The van der Waals surface area contributed by atoms with Crippen molar-refractivity contribution in [3.63, 3.8) is 0 Å². The third-order valence-electron chi connectivity index (χ3n) is 1.92. The maximum Gasteiger partial charge on any atom is 0.183 e. The molecule has 4 heteroatoms. The highest BCUT2D eigenvalue weighted by Crippen LogP contribution is 2.06.